The van der Waals surface area contributed by atoms with Crippen LogP contribution in [0.5, 0.6) is 0 Å². The molecule has 0 N–H and O–H groups in total. The summed E-state index contributed by atoms with van der Waals surface area (Å²) in [5.74, 6) is 0.230. The molecule has 0 bridgehead atoms. The van der Waals surface area contributed by atoms with Crippen molar-refractivity contribution in [1.29, 1.82) is 0 Å². The second kappa shape index (κ2) is 8.40. The zero-order valence-electron chi connectivity index (χ0n) is 17.9. The van der Waals surface area contributed by atoms with Crippen molar-refractivity contribution in [1.82, 2.24) is 35.0 Å². The largest absolute Gasteiger partial charge is 0.456 e. The van der Waals surface area contributed by atoms with Crippen molar-refractivity contribution in [2.45, 2.75) is 37.8 Å². The van der Waals surface area contributed by atoms with Gasteiger partial charge in [0.25, 0.3) is 5.91 Å². The SMILES string of the molecule is CC1COC2(CCN(CCc3ccc(-n4cnnn4)nc3)CC2)C(=O)N1C1=CC(=O)OC1. The minimum Gasteiger partial charge on any atom is -0.456 e. The topological polar surface area (TPSA) is 116 Å². The molecular formula is C21H25N7O4. The van der Waals surface area contributed by atoms with Gasteiger partial charge in [-0.1, -0.05) is 6.07 Å². The standard InChI is InChI=1S/C21H25N7O4/c1-15-12-32-21(20(30)28(15)17-10-19(29)31-13-17)5-8-26(9-6-21)7-4-16-2-3-18(22-11-16)27-14-23-24-25-27/h2-3,10-11,14-15H,4-9,12-13H2,1H3. The number of hydrogen-bond donors (Lipinski definition) is 0. The minimum absolute atomic E-state index is 0.0529. The van der Waals surface area contributed by atoms with Crippen molar-refractivity contribution in [2.75, 3.05) is 32.8 Å². The van der Waals surface area contributed by atoms with Crippen molar-refractivity contribution in [3.05, 3.63) is 42.0 Å². The fourth-order valence-corrected chi connectivity index (χ4v) is 4.50. The van der Waals surface area contributed by atoms with Crippen LogP contribution in [0.25, 0.3) is 5.82 Å². The van der Waals surface area contributed by atoms with Gasteiger partial charge in [-0.05, 0) is 48.2 Å². The van der Waals surface area contributed by atoms with Gasteiger partial charge in [0.05, 0.1) is 18.3 Å². The molecule has 1 unspecified atom stereocenters. The molecule has 168 valence electrons. The number of piperidine rings is 1. The number of ether oxygens (including phenoxy) is 2. The number of morpholine rings is 1. The predicted molar refractivity (Wildman–Crippen MR) is 110 cm³/mol. The molecule has 0 aliphatic carbocycles. The number of carbonyl (C=O) groups is 2. The second-order valence-corrected chi connectivity index (χ2v) is 8.44. The van der Waals surface area contributed by atoms with Crippen LogP contribution in [0.15, 0.2) is 36.4 Å². The Labute approximate surface area is 185 Å². The van der Waals surface area contributed by atoms with E-state index in [2.05, 4.69) is 25.4 Å². The molecule has 11 nitrogen and oxygen atoms in total. The Kier molecular flexibility index (Phi) is 5.43. The maximum absolute atomic E-state index is 13.4. The molecule has 32 heavy (non-hydrogen) atoms. The van der Waals surface area contributed by atoms with Crippen molar-refractivity contribution < 1.29 is 19.1 Å². The molecule has 3 aliphatic rings. The van der Waals surface area contributed by atoms with Crippen LogP contribution in [-0.4, -0.2) is 91.4 Å². The molecule has 2 saturated heterocycles. The van der Waals surface area contributed by atoms with E-state index in [-0.39, 0.29) is 18.6 Å². The van der Waals surface area contributed by atoms with E-state index in [1.165, 1.54) is 17.1 Å². The van der Waals surface area contributed by atoms with Gasteiger partial charge in [-0.3, -0.25) is 4.79 Å². The first-order valence-corrected chi connectivity index (χ1v) is 10.8. The van der Waals surface area contributed by atoms with Gasteiger partial charge in [0.15, 0.2) is 5.82 Å². The molecule has 1 amide bonds. The van der Waals surface area contributed by atoms with Gasteiger partial charge in [0, 0.05) is 31.9 Å². The summed E-state index contributed by atoms with van der Waals surface area (Å²) in [6, 6.07) is 3.81. The molecular weight excluding hydrogens is 414 g/mol. The first-order chi connectivity index (χ1) is 15.5. The summed E-state index contributed by atoms with van der Waals surface area (Å²) in [5.41, 5.74) is 0.949. The second-order valence-electron chi connectivity index (χ2n) is 8.44. The predicted octanol–water partition coefficient (Wildman–Crippen LogP) is 0.122. The Morgan fingerprint density at radius 1 is 1.22 bits per heavy atom. The summed E-state index contributed by atoms with van der Waals surface area (Å²) in [6.07, 6.45) is 6.90. The third kappa shape index (κ3) is 3.89. The lowest BCUT2D eigenvalue weighted by molar-refractivity contribution is -0.183. The summed E-state index contributed by atoms with van der Waals surface area (Å²) >= 11 is 0. The summed E-state index contributed by atoms with van der Waals surface area (Å²) in [4.78, 5) is 33.3. The number of nitrogens with zero attached hydrogens (tertiary/aromatic N) is 7. The number of cyclic esters (lactones) is 1. The average Bonchev–Trinajstić information content (AvgIpc) is 3.49. The number of amides is 1. The van der Waals surface area contributed by atoms with Crippen LogP contribution >= 0.6 is 0 Å². The number of tetrazole rings is 1. The van der Waals surface area contributed by atoms with E-state index in [4.69, 9.17) is 9.47 Å². The highest BCUT2D eigenvalue weighted by Gasteiger charge is 2.50. The monoisotopic (exact) mass is 439 g/mol. The van der Waals surface area contributed by atoms with E-state index in [1.807, 2.05) is 25.3 Å². The van der Waals surface area contributed by atoms with E-state index in [9.17, 15) is 9.59 Å². The number of likely N-dealkylation sites (tertiary alicyclic amines) is 1. The molecule has 5 heterocycles. The van der Waals surface area contributed by atoms with Crippen molar-refractivity contribution in [3.63, 3.8) is 0 Å². The van der Waals surface area contributed by atoms with Crippen LogP contribution in [0.1, 0.15) is 25.3 Å². The lowest BCUT2D eigenvalue weighted by Crippen LogP contribution is -2.63. The van der Waals surface area contributed by atoms with Gasteiger partial charge >= 0.3 is 5.97 Å². The Hall–Kier alpha value is -3.18. The maximum atomic E-state index is 13.4. The fraction of sp³-hybridized carbons (Fsp3) is 0.524. The number of carbonyl (C=O) groups excluding carboxylic acids is 2. The Bertz CT molecular complexity index is 1010. The maximum Gasteiger partial charge on any atom is 0.333 e. The first-order valence-electron chi connectivity index (χ1n) is 10.8. The Balaban J connectivity index is 1.17. The highest BCUT2D eigenvalue weighted by atomic mass is 16.5. The van der Waals surface area contributed by atoms with E-state index < -0.39 is 11.6 Å². The Morgan fingerprint density at radius 2 is 2.06 bits per heavy atom. The normalized spacial score (nSPS) is 23.5. The van der Waals surface area contributed by atoms with E-state index >= 15 is 0 Å². The van der Waals surface area contributed by atoms with Gasteiger partial charge in [-0.15, -0.1) is 5.10 Å². The zero-order valence-corrected chi connectivity index (χ0v) is 17.9. The third-order valence-corrected chi connectivity index (χ3v) is 6.38. The molecule has 2 aromatic rings. The number of rotatable bonds is 5. The van der Waals surface area contributed by atoms with Crippen LogP contribution in [0, 0.1) is 0 Å². The molecule has 3 aliphatic heterocycles. The lowest BCUT2D eigenvalue weighted by Gasteiger charge is -2.48. The van der Waals surface area contributed by atoms with Crippen molar-refractivity contribution in [3.8, 4) is 5.82 Å². The van der Waals surface area contributed by atoms with Gasteiger partial charge in [0.1, 0.15) is 18.5 Å². The van der Waals surface area contributed by atoms with E-state index in [1.54, 1.807) is 4.90 Å². The van der Waals surface area contributed by atoms with Gasteiger partial charge < -0.3 is 19.3 Å². The quantitative estimate of drug-likeness (QED) is 0.599. The Morgan fingerprint density at radius 3 is 2.72 bits per heavy atom. The minimum atomic E-state index is -0.815. The van der Waals surface area contributed by atoms with E-state index in [0.29, 0.717) is 31.0 Å². The van der Waals surface area contributed by atoms with Crippen LogP contribution in [0.2, 0.25) is 0 Å². The number of aromatic nitrogens is 5. The summed E-state index contributed by atoms with van der Waals surface area (Å²) in [6.45, 7) is 4.97. The first kappa shape index (κ1) is 20.7. The zero-order chi connectivity index (χ0) is 22.1. The molecule has 0 saturated carbocycles. The van der Waals surface area contributed by atoms with Gasteiger partial charge in [-0.25, -0.2) is 9.78 Å². The molecule has 1 atom stereocenters. The molecule has 5 rings (SSSR count). The van der Waals surface area contributed by atoms with Crippen LogP contribution in [0.4, 0.5) is 0 Å². The molecule has 0 radical (unpaired) electrons. The third-order valence-electron chi connectivity index (χ3n) is 6.38. The van der Waals surface area contributed by atoms with Crippen molar-refractivity contribution >= 4 is 11.9 Å². The highest BCUT2D eigenvalue weighted by Crippen LogP contribution is 2.35. The summed E-state index contributed by atoms with van der Waals surface area (Å²) < 4.78 is 12.6. The number of esters is 1. The molecule has 1 spiro atoms. The fourth-order valence-electron chi connectivity index (χ4n) is 4.50. The summed E-state index contributed by atoms with van der Waals surface area (Å²) in [5, 5.41) is 11.1. The summed E-state index contributed by atoms with van der Waals surface area (Å²) in [7, 11) is 0. The highest BCUT2D eigenvalue weighted by molar-refractivity contribution is 5.91. The van der Waals surface area contributed by atoms with Gasteiger partial charge in [0.2, 0.25) is 0 Å². The molecule has 11 heteroatoms. The van der Waals surface area contributed by atoms with Crippen LogP contribution in [-0.2, 0) is 25.5 Å². The number of hydrogen-bond acceptors (Lipinski definition) is 9. The molecule has 2 aromatic heterocycles. The van der Waals surface area contributed by atoms with Crippen LogP contribution < -0.4 is 0 Å². The van der Waals surface area contributed by atoms with Gasteiger partial charge in [-0.2, -0.15) is 4.68 Å². The van der Waals surface area contributed by atoms with Crippen molar-refractivity contribution in [2.24, 2.45) is 0 Å². The average molecular weight is 439 g/mol. The van der Waals surface area contributed by atoms with E-state index in [0.717, 1.165) is 31.6 Å². The smallest absolute Gasteiger partial charge is 0.333 e. The molecule has 2 fully saturated rings. The molecule has 0 aromatic carbocycles. The lowest BCUT2D eigenvalue weighted by atomic mass is 9.87. The number of pyridine rings is 1. The van der Waals surface area contributed by atoms with Crippen LogP contribution in [0.3, 0.4) is 0 Å².